The molecule has 0 bridgehead atoms. The SMILES string of the molecule is CC(C)(O)C(C)(C)NCc1cc(Cl)cs1. The molecule has 15 heavy (non-hydrogen) atoms. The van der Waals surface area contributed by atoms with Crippen molar-refractivity contribution in [1.82, 2.24) is 5.32 Å². The van der Waals surface area contributed by atoms with E-state index in [2.05, 4.69) is 5.32 Å². The number of rotatable bonds is 4. The lowest BCUT2D eigenvalue weighted by atomic mass is 9.86. The number of halogens is 1. The molecule has 2 nitrogen and oxygen atoms in total. The highest BCUT2D eigenvalue weighted by Crippen LogP contribution is 2.23. The first kappa shape index (κ1) is 13.0. The first-order valence-corrected chi connectivity index (χ1v) is 6.18. The summed E-state index contributed by atoms with van der Waals surface area (Å²) in [7, 11) is 0. The first-order valence-electron chi connectivity index (χ1n) is 4.93. The quantitative estimate of drug-likeness (QED) is 0.857. The molecule has 0 atom stereocenters. The van der Waals surface area contributed by atoms with Crippen molar-refractivity contribution >= 4 is 22.9 Å². The average Bonchev–Trinajstić information content (AvgIpc) is 2.46. The van der Waals surface area contributed by atoms with Gasteiger partial charge in [0.1, 0.15) is 0 Å². The zero-order chi connectivity index (χ0) is 11.7. The van der Waals surface area contributed by atoms with Gasteiger partial charge in [-0.1, -0.05) is 11.6 Å². The molecule has 2 N–H and O–H groups in total. The van der Waals surface area contributed by atoms with Crippen molar-refractivity contribution in [3.8, 4) is 0 Å². The predicted molar refractivity (Wildman–Crippen MR) is 66.5 cm³/mol. The van der Waals surface area contributed by atoms with Gasteiger partial charge < -0.3 is 10.4 Å². The summed E-state index contributed by atoms with van der Waals surface area (Å²) < 4.78 is 0. The lowest BCUT2D eigenvalue weighted by Crippen LogP contribution is -2.55. The van der Waals surface area contributed by atoms with Crippen molar-refractivity contribution in [1.29, 1.82) is 0 Å². The van der Waals surface area contributed by atoms with Crippen LogP contribution in [0.15, 0.2) is 11.4 Å². The second-order valence-electron chi connectivity index (χ2n) is 4.77. The summed E-state index contributed by atoms with van der Waals surface area (Å²) in [6.07, 6.45) is 0. The Kier molecular flexibility index (Phi) is 3.82. The Morgan fingerprint density at radius 3 is 2.40 bits per heavy atom. The van der Waals surface area contributed by atoms with Gasteiger partial charge in [0, 0.05) is 22.3 Å². The molecule has 0 aliphatic carbocycles. The molecule has 0 saturated carbocycles. The number of hydrogen-bond acceptors (Lipinski definition) is 3. The van der Waals surface area contributed by atoms with E-state index in [1.54, 1.807) is 25.2 Å². The van der Waals surface area contributed by atoms with Gasteiger partial charge in [0.2, 0.25) is 0 Å². The average molecular weight is 248 g/mol. The van der Waals surface area contributed by atoms with Crippen molar-refractivity contribution < 1.29 is 5.11 Å². The second kappa shape index (κ2) is 4.42. The van der Waals surface area contributed by atoms with Crippen LogP contribution in [0, 0.1) is 0 Å². The van der Waals surface area contributed by atoms with Gasteiger partial charge in [0.15, 0.2) is 0 Å². The molecular weight excluding hydrogens is 230 g/mol. The number of thiophene rings is 1. The molecule has 0 spiro atoms. The lowest BCUT2D eigenvalue weighted by Gasteiger charge is -2.38. The molecule has 0 unspecified atom stereocenters. The second-order valence-corrected chi connectivity index (χ2v) is 6.20. The summed E-state index contributed by atoms with van der Waals surface area (Å²) in [6, 6.07) is 1.94. The van der Waals surface area contributed by atoms with Crippen LogP contribution in [-0.2, 0) is 6.54 Å². The summed E-state index contributed by atoms with van der Waals surface area (Å²) in [4.78, 5) is 1.18. The van der Waals surface area contributed by atoms with E-state index in [1.807, 2.05) is 25.3 Å². The summed E-state index contributed by atoms with van der Waals surface area (Å²) in [5.41, 5.74) is -1.09. The van der Waals surface area contributed by atoms with Crippen LogP contribution < -0.4 is 5.32 Å². The van der Waals surface area contributed by atoms with Crippen LogP contribution in [0.25, 0.3) is 0 Å². The highest BCUT2D eigenvalue weighted by molar-refractivity contribution is 7.10. The minimum Gasteiger partial charge on any atom is -0.389 e. The molecule has 0 fully saturated rings. The maximum atomic E-state index is 9.94. The Labute approximate surface area is 100 Å². The Balaban J connectivity index is 2.57. The van der Waals surface area contributed by atoms with Gasteiger partial charge in [0.25, 0.3) is 0 Å². The number of aliphatic hydroxyl groups is 1. The molecule has 1 aromatic rings. The van der Waals surface area contributed by atoms with Crippen molar-refractivity contribution in [3.63, 3.8) is 0 Å². The smallest absolute Gasteiger partial charge is 0.0767 e. The van der Waals surface area contributed by atoms with E-state index in [0.717, 1.165) is 11.6 Å². The predicted octanol–water partition coefficient (Wildman–Crippen LogP) is 3.04. The molecule has 1 aromatic heterocycles. The molecule has 0 saturated heterocycles. The third kappa shape index (κ3) is 3.45. The Morgan fingerprint density at radius 1 is 1.40 bits per heavy atom. The number of nitrogens with one attached hydrogen (secondary N) is 1. The van der Waals surface area contributed by atoms with Gasteiger partial charge in [-0.3, -0.25) is 0 Å². The normalized spacial score (nSPS) is 13.2. The number of hydrogen-bond donors (Lipinski definition) is 2. The fourth-order valence-electron chi connectivity index (χ4n) is 0.971. The zero-order valence-corrected chi connectivity index (χ0v) is 11.2. The van der Waals surface area contributed by atoms with E-state index in [4.69, 9.17) is 11.6 Å². The van der Waals surface area contributed by atoms with Gasteiger partial charge in [-0.25, -0.2) is 0 Å². The topological polar surface area (TPSA) is 32.3 Å². The van der Waals surface area contributed by atoms with Crippen molar-refractivity contribution in [3.05, 3.63) is 21.3 Å². The molecule has 0 aliphatic rings. The standard InChI is InChI=1S/C11H18ClNOS/c1-10(2,11(3,4)14)13-6-9-5-8(12)7-15-9/h5,7,13-14H,6H2,1-4H3. The maximum Gasteiger partial charge on any atom is 0.0767 e. The fourth-order valence-corrected chi connectivity index (χ4v) is 1.98. The minimum atomic E-state index is -0.756. The Bertz CT molecular complexity index is 328. The fraction of sp³-hybridized carbons (Fsp3) is 0.636. The van der Waals surface area contributed by atoms with Crippen LogP contribution in [0.1, 0.15) is 32.6 Å². The van der Waals surface area contributed by atoms with Crippen LogP contribution in [-0.4, -0.2) is 16.2 Å². The van der Waals surface area contributed by atoms with Crippen LogP contribution in [0.4, 0.5) is 0 Å². The van der Waals surface area contributed by atoms with Crippen LogP contribution in [0.5, 0.6) is 0 Å². The summed E-state index contributed by atoms with van der Waals surface area (Å²) in [5.74, 6) is 0. The van der Waals surface area contributed by atoms with Crippen LogP contribution in [0.2, 0.25) is 5.02 Å². The van der Waals surface area contributed by atoms with Gasteiger partial charge in [0.05, 0.1) is 10.6 Å². The largest absolute Gasteiger partial charge is 0.389 e. The van der Waals surface area contributed by atoms with E-state index in [9.17, 15) is 5.11 Å². The van der Waals surface area contributed by atoms with E-state index in [1.165, 1.54) is 4.88 Å². The summed E-state index contributed by atoms with van der Waals surface area (Å²) >= 11 is 7.46. The van der Waals surface area contributed by atoms with Crippen LogP contribution >= 0.6 is 22.9 Å². The van der Waals surface area contributed by atoms with Crippen molar-refractivity contribution in [2.45, 2.75) is 45.4 Å². The molecule has 0 aromatic carbocycles. The molecule has 0 amide bonds. The molecule has 0 aliphatic heterocycles. The summed E-state index contributed by atoms with van der Waals surface area (Å²) in [5, 5.41) is 16.0. The van der Waals surface area contributed by atoms with Gasteiger partial charge in [-0.05, 0) is 33.8 Å². The third-order valence-electron chi connectivity index (χ3n) is 2.86. The van der Waals surface area contributed by atoms with Gasteiger partial charge in [-0.15, -0.1) is 11.3 Å². The zero-order valence-electron chi connectivity index (χ0n) is 9.60. The van der Waals surface area contributed by atoms with E-state index in [-0.39, 0.29) is 5.54 Å². The maximum absolute atomic E-state index is 9.94. The highest BCUT2D eigenvalue weighted by atomic mass is 35.5. The molecule has 4 heteroatoms. The molecule has 1 heterocycles. The van der Waals surface area contributed by atoms with Gasteiger partial charge >= 0.3 is 0 Å². The molecule has 1 rings (SSSR count). The Hall–Kier alpha value is -0.0900. The summed E-state index contributed by atoms with van der Waals surface area (Å²) in [6.45, 7) is 8.32. The monoisotopic (exact) mass is 247 g/mol. The molecular formula is C11H18ClNOS. The van der Waals surface area contributed by atoms with Gasteiger partial charge in [-0.2, -0.15) is 0 Å². The first-order chi connectivity index (χ1) is 6.72. The van der Waals surface area contributed by atoms with E-state index in [0.29, 0.717) is 0 Å². The Morgan fingerprint density at radius 2 is 2.00 bits per heavy atom. The van der Waals surface area contributed by atoms with Crippen molar-refractivity contribution in [2.75, 3.05) is 0 Å². The van der Waals surface area contributed by atoms with E-state index >= 15 is 0 Å². The van der Waals surface area contributed by atoms with Crippen molar-refractivity contribution in [2.24, 2.45) is 0 Å². The third-order valence-corrected chi connectivity index (χ3v) is 4.14. The van der Waals surface area contributed by atoms with Crippen LogP contribution in [0.3, 0.4) is 0 Å². The lowest BCUT2D eigenvalue weighted by molar-refractivity contribution is -0.00519. The minimum absolute atomic E-state index is 0.330. The van der Waals surface area contributed by atoms with E-state index < -0.39 is 5.60 Å². The molecule has 86 valence electrons. The highest BCUT2D eigenvalue weighted by Gasteiger charge is 2.34. The molecule has 0 radical (unpaired) electrons.